The summed E-state index contributed by atoms with van der Waals surface area (Å²) in [5, 5.41) is 11.3. The van der Waals surface area contributed by atoms with Crippen LogP contribution in [-0.4, -0.2) is 16.2 Å². The molecule has 3 nitrogen and oxygen atoms in total. The second-order valence-electron chi connectivity index (χ2n) is 1.82. The number of rotatable bonds is 2. The van der Waals surface area contributed by atoms with E-state index in [1.807, 2.05) is 34.2 Å². The maximum atomic E-state index is 8.56. The topological polar surface area (TPSA) is 49.6 Å². The van der Waals surface area contributed by atoms with Crippen LogP contribution in [0.4, 0.5) is 0 Å². The van der Waals surface area contributed by atoms with E-state index in [1.165, 1.54) is 0 Å². The van der Waals surface area contributed by atoms with E-state index >= 15 is 0 Å². The molecule has 68 valence electrons. The zero-order chi connectivity index (χ0) is 9.84. The first kappa shape index (κ1) is 11.8. The molecule has 0 spiro atoms. The Hall–Kier alpha value is 0.730. The summed E-state index contributed by atoms with van der Waals surface area (Å²) >= 11 is 6.84. The van der Waals surface area contributed by atoms with Crippen LogP contribution in [0.1, 0.15) is 0 Å². The van der Waals surface area contributed by atoms with Crippen LogP contribution in [0.15, 0.2) is 9.92 Å². The van der Waals surface area contributed by atoms with Crippen LogP contribution in [0.25, 0.3) is 0 Å². The van der Waals surface area contributed by atoms with Crippen LogP contribution in [0, 0.1) is 18.2 Å². The summed E-state index contributed by atoms with van der Waals surface area (Å²) in [6, 6.07) is 0. The van der Waals surface area contributed by atoms with E-state index in [0.717, 1.165) is 25.4 Å². The average Bonchev–Trinajstić information content (AvgIpc) is 2.04. The Balaban J connectivity index is 3.23. The molecule has 13 heavy (non-hydrogen) atoms. The van der Waals surface area contributed by atoms with Crippen molar-refractivity contribution < 1.29 is 0 Å². The Labute approximate surface area is 112 Å². The molecule has 0 bridgehead atoms. The minimum Gasteiger partial charge on any atom is -0.216 e. The van der Waals surface area contributed by atoms with Crippen molar-refractivity contribution in [3.8, 4) is 5.40 Å². The predicted molar refractivity (Wildman–Crippen MR) is 70.7 cm³/mol. The van der Waals surface area contributed by atoms with Gasteiger partial charge in [-0.25, -0.2) is 9.97 Å². The van der Waals surface area contributed by atoms with Crippen LogP contribution >= 0.6 is 68.7 Å². The molecule has 0 saturated carbocycles. The number of halogens is 2. The Kier molecular flexibility index (Phi) is 5.06. The fourth-order valence-corrected chi connectivity index (χ4v) is 4.32. The van der Waals surface area contributed by atoms with E-state index in [-0.39, 0.29) is 0 Å². The first-order chi connectivity index (χ1) is 6.19. The highest BCUT2D eigenvalue weighted by Gasteiger charge is 2.10. The maximum Gasteiger partial charge on any atom is 0.192 e. The molecule has 0 radical (unpaired) electrons. The summed E-state index contributed by atoms with van der Waals surface area (Å²) < 4.78 is 1.58. The van der Waals surface area contributed by atoms with Crippen molar-refractivity contribution in [3.05, 3.63) is 7.53 Å². The predicted octanol–water partition coefficient (Wildman–Crippen LogP) is 2.98. The lowest BCUT2D eigenvalue weighted by atomic mass is 10.7. The molecular formula is C6H3I2N3S2. The van der Waals surface area contributed by atoms with Gasteiger partial charge >= 0.3 is 0 Å². The van der Waals surface area contributed by atoms with Crippen molar-refractivity contribution in [2.45, 2.75) is 9.92 Å². The van der Waals surface area contributed by atoms with E-state index in [2.05, 4.69) is 32.6 Å². The Morgan fingerprint density at radius 2 is 2.08 bits per heavy atom. The monoisotopic (exact) mass is 435 g/mol. The van der Waals surface area contributed by atoms with Crippen molar-refractivity contribution >= 4 is 68.7 Å². The summed E-state index contributed by atoms with van der Waals surface area (Å²) in [7, 11) is 0. The first-order valence-corrected chi connectivity index (χ1v) is 7.22. The molecular weight excluding hydrogens is 432 g/mol. The molecule has 1 aromatic heterocycles. The van der Waals surface area contributed by atoms with Gasteiger partial charge in [-0.05, 0) is 28.8 Å². The van der Waals surface area contributed by atoms with Crippen LogP contribution in [0.3, 0.4) is 0 Å². The molecule has 0 aliphatic heterocycles. The lowest BCUT2D eigenvalue weighted by molar-refractivity contribution is 0.903. The second kappa shape index (κ2) is 5.57. The van der Waals surface area contributed by atoms with E-state index in [1.54, 1.807) is 11.8 Å². The standard InChI is InChI=1S/C6H3I2N3S2/c1-12-3-4(7)10-6(8)11-5(3)13-2-9/h1H3. The summed E-state index contributed by atoms with van der Waals surface area (Å²) in [6.07, 6.45) is 1.95. The van der Waals surface area contributed by atoms with Crippen LogP contribution < -0.4 is 0 Å². The maximum absolute atomic E-state index is 8.56. The van der Waals surface area contributed by atoms with Crippen LogP contribution in [0.5, 0.6) is 0 Å². The van der Waals surface area contributed by atoms with Crippen LogP contribution in [-0.2, 0) is 0 Å². The van der Waals surface area contributed by atoms with Gasteiger partial charge in [-0.1, -0.05) is 0 Å². The van der Waals surface area contributed by atoms with Crippen LogP contribution in [0.2, 0.25) is 0 Å². The molecule has 1 heterocycles. The third-order valence-electron chi connectivity index (χ3n) is 1.11. The van der Waals surface area contributed by atoms with Gasteiger partial charge in [0.25, 0.3) is 0 Å². The number of nitriles is 1. The summed E-state index contributed by atoms with van der Waals surface area (Å²) in [5.74, 6) is 0. The molecule has 0 aliphatic rings. The van der Waals surface area contributed by atoms with Crippen molar-refractivity contribution in [1.29, 1.82) is 5.26 Å². The Morgan fingerprint density at radius 3 is 2.62 bits per heavy atom. The van der Waals surface area contributed by atoms with Crippen molar-refractivity contribution in [1.82, 2.24) is 9.97 Å². The molecule has 0 aliphatic carbocycles. The third kappa shape index (κ3) is 3.10. The zero-order valence-electron chi connectivity index (χ0n) is 6.41. The molecule has 0 N–H and O–H groups in total. The number of nitrogens with zero attached hydrogens (tertiary/aromatic N) is 3. The molecule has 0 saturated heterocycles. The molecule has 0 aromatic carbocycles. The number of thiocyanates is 1. The minimum atomic E-state index is 0.678. The molecule has 1 rings (SSSR count). The fourth-order valence-electron chi connectivity index (χ4n) is 0.664. The highest BCUT2D eigenvalue weighted by molar-refractivity contribution is 14.1. The second-order valence-corrected chi connectivity index (χ2v) is 5.39. The molecule has 0 amide bonds. The van der Waals surface area contributed by atoms with Gasteiger partial charge in [0.05, 0.1) is 4.90 Å². The molecule has 0 unspecified atom stereocenters. The molecule has 0 fully saturated rings. The number of thioether (sulfide) groups is 2. The number of hydrogen-bond acceptors (Lipinski definition) is 5. The van der Waals surface area contributed by atoms with Crippen molar-refractivity contribution in [2.75, 3.05) is 6.26 Å². The molecule has 0 atom stereocenters. The van der Waals surface area contributed by atoms with Gasteiger partial charge in [-0.15, -0.1) is 11.8 Å². The van der Waals surface area contributed by atoms with E-state index < -0.39 is 0 Å². The van der Waals surface area contributed by atoms with Crippen molar-refractivity contribution in [2.24, 2.45) is 0 Å². The average molecular weight is 435 g/mol. The number of aromatic nitrogens is 2. The van der Waals surface area contributed by atoms with E-state index in [4.69, 9.17) is 5.26 Å². The van der Waals surface area contributed by atoms with Gasteiger partial charge < -0.3 is 0 Å². The van der Waals surface area contributed by atoms with Gasteiger partial charge in [0.15, 0.2) is 3.83 Å². The van der Waals surface area contributed by atoms with E-state index in [0.29, 0.717) is 3.83 Å². The zero-order valence-corrected chi connectivity index (χ0v) is 12.4. The third-order valence-corrected chi connectivity index (χ3v) is 4.25. The van der Waals surface area contributed by atoms with E-state index in [9.17, 15) is 0 Å². The van der Waals surface area contributed by atoms with Gasteiger partial charge in [-0.3, -0.25) is 0 Å². The first-order valence-electron chi connectivity index (χ1n) is 3.02. The summed E-state index contributed by atoms with van der Waals surface area (Å²) in [6.45, 7) is 0. The van der Waals surface area contributed by atoms with Crippen molar-refractivity contribution in [3.63, 3.8) is 0 Å². The normalized spacial score (nSPS) is 9.69. The minimum absolute atomic E-state index is 0.678. The van der Waals surface area contributed by atoms with Gasteiger partial charge in [0.2, 0.25) is 0 Å². The highest BCUT2D eigenvalue weighted by atomic mass is 127. The van der Waals surface area contributed by atoms with Gasteiger partial charge in [0.1, 0.15) is 14.1 Å². The summed E-state index contributed by atoms with van der Waals surface area (Å²) in [5.41, 5.74) is 0. The smallest absolute Gasteiger partial charge is 0.192 e. The Morgan fingerprint density at radius 1 is 1.38 bits per heavy atom. The summed E-state index contributed by atoms with van der Waals surface area (Å²) in [4.78, 5) is 9.37. The van der Waals surface area contributed by atoms with Gasteiger partial charge in [-0.2, -0.15) is 5.26 Å². The van der Waals surface area contributed by atoms with Gasteiger partial charge in [0, 0.05) is 34.4 Å². The highest BCUT2D eigenvalue weighted by Crippen LogP contribution is 2.30. The molecule has 1 aromatic rings. The Bertz CT molecular complexity index is 364. The lowest BCUT2D eigenvalue weighted by Crippen LogP contribution is -1.96. The number of hydrogen-bond donors (Lipinski definition) is 0. The fraction of sp³-hybridized carbons (Fsp3) is 0.167. The quantitative estimate of drug-likeness (QED) is 0.235. The molecule has 7 heteroatoms. The largest absolute Gasteiger partial charge is 0.216 e. The SMILES string of the molecule is CSc1c(I)nc(I)nc1SC#N. The lowest BCUT2D eigenvalue weighted by Gasteiger charge is -2.03.